The number of nitrogens with one attached hydrogen (secondary N) is 1. The molecule has 3 aromatic rings. The lowest BCUT2D eigenvalue weighted by Gasteiger charge is -2.14. The number of anilines is 1. The average Bonchev–Trinajstić information content (AvgIpc) is 3.11. The second-order valence-electron chi connectivity index (χ2n) is 6.67. The Balaban J connectivity index is 1.49. The first kappa shape index (κ1) is 19.2. The van der Waals surface area contributed by atoms with Crippen LogP contribution < -0.4 is 5.32 Å². The van der Waals surface area contributed by atoms with Gasteiger partial charge in [0, 0.05) is 12.1 Å². The molecule has 1 aliphatic rings. The summed E-state index contributed by atoms with van der Waals surface area (Å²) in [4.78, 5) is 27.9. The average molecular weight is 399 g/mol. The monoisotopic (exact) mass is 399 g/mol. The quantitative estimate of drug-likeness (QED) is 0.663. The van der Waals surface area contributed by atoms with Crippen LogP contribution in [0.3, 0.4) is 0 Å². The molecule has 0 radical (unpaired) electrons. The van der Waals surface area contributed by atoms with Crippen LogP contribution in [0.2, 0.25) is 0 Å². The molecular weight excluding hydrogens is 382 g/mol. The molecule has 0 bridgehead atoms. The standard InChI is InChI=1S/C23H17N3O4/c1-29-22(27)15-10-14(11-24)21(25-12-15)26-23(28)30-13-20-18-8-4-2-6-16(18)17-7-3-5-9-19(17)20/h2-10,12,20H,13H2,1H3,(H,25,26,28). The number of nitrogens with zero attached hydrogens (tertiary/aromatic N) is 2. The molecule has 0 spiro atoms. The highest BCUT2D eigenvalue weighted by Crippen LogP contribution is 2.44. The highest BCUT2D eigenvalue weighted by atomic mass is 16.5. The Hall–Kier alpha value is -4.18. The number of benzene rings is 2. The minimum Gasteiger partial charge on any atom is -0.465 e. The number of pyridine rings is 1. The zero-order chi connectivity index (χ0) is 21.1. The highest BCUT2D eigenvalue weighted by molar-refractivity contribution is 5.91. The minimum absolute atomic E-state index is 0.0161. The van der Waals surface area contributed by atoms with E-state index in [2.05, 4.69) is 27.2 Å². The van der Waals surface area contributed by atoms with Crippen molar-refractivity contribution in [2.75, 3.05) is 19.0 Å². The maximum atomic E-state index is 12.4. The summed E-state index contributed by atoms with van der Waals surface area (Å²) in [6.45, 7) is 0.141. The lowest BCUT2D eigenvalue weighted by molar-refractivity contribution is 0.0600. The number of nitriles is 1. The maximum absolute atomic E-state index is 12.4. The number of aromatic nitrogens is 1. The van der Waals surface area contributed by atoms with E-state index in [-0.39, 0.29) is 29.5 Å². The number of ether oxygens (including phenoxy) is 2. The second-order valence-corrected chi connectivity index (χ2v) is 6.67. The fourth-order valence-electron chi connectivity index (χ4n) is 3.61. The number of methoxy groups -OCH3 is 1. The van der Waals surface area contributed by atoms with Crippen molar-refractivity contribution in [2.45, 2.75) is 5.92 Å². The van der Waals surface area contributed by atoms with Crippen molar-refractivity contribution in [1.29, 1.82) is 5.26 Å². The number of rotatable bonds is 4. The van der Waals surface area contributed by atoms with Gasteiger partial charge >= 0.3 is 12.1 Å². The van der Waals surface area contributed by atoms with E-state index in [1.54, 1.807) is 0 Å². The zero-order valence-corrected chi connectivity index (χ0v) is 16.1. The molecule has 7 nitrogen and oxygen atoms in total. The van der Waals surface area contributed by atoms with E-state index in [0.717, 1.165) is 22.3 Å². The van der Waals surface area contributed by atoms with Crippen LogP contribution in [0.25, 0.3) is 11.1 Å². The molecule has 0 unspecified atom stereocenters. The number of carbonyl (C=O) groups excluding carboxylic acids is 2. The number of esters is 1. The Morgan fingerprint density at radius 3 is 2.33 bits per heavy atom. The first-order chi connectivity index (χ1) is 14.6. The number of carbonyl (C=O) groups is 2. The zero-order valence-electron chi connectivity index (χ0n) is 16.1. The molecule has 148 valence electrons. The van der Waals surface area contributed by atoms with Gasteiger partial charge in [-0.05, 0) is 28.3 Å². The predicted molar refractivity (Wildman–Crippen MR) is 109 cm³/mol. The fourth-order valence-corrected chi connectivity index (χ4v) is 3.61. The molecule has 1 N–H and O–H groups in total. The maximum Gasteiger partial charge on any atom is 0.412 e. The molecule has 1 heterocycles. The molecule has 1 amide bonds. The van der Waals surface area contributed by atoms with Gasteiger partial charge in [-0.3, -0.25) is 5.32 Å². The van der Waals surface area contributed by atoms with Gasteiger partial charge in [-0.2, -0.15) is 5.26 Å². The Morgan fingerprint density at radius 1 is 1.10 bits per heavy atom. The smallest absolute Gasteiger partial charge is 0.412 e. The van der Waals surface area contributed by atoms with Gasteiger partial charge in [0.15, 0.2) is 5.82 Å². The van der Waals surface area contributed by atoms with E-state index in [4.69, 9.17) is 4.74 Å². The van der Waals surface area contributed by atoms with Crippen LogP contribution in [-0.2, 0) is 9.47 Å². The lowest BCUT2D eigenvalue weighted by Crippen LogP contribution is -2.19. The van der Waals surface area contributed by atoms with Crippen molar-refractivity contribution in [3.63, 3.8) is 0 Å². The third-order valence-corrected chi connectivity index (χ3v) is 4.99. The van der Waals surface area contributed by atoms with Crippen molar-refractivity contribution in [1.82, 2.24) is 4.98 Å². The van der Waals surface area contributed by atoms with Crippen molar-refractivity contribution in [3.05, 3.63) is 83.0 Å². The molecule has 0 saturated heterocycles. The second kappa shape index (κ2) is 8.05. The third-order valence-electron chi connectivity index (χ3n) is 4.99. The van der Waals surface area contributed by atoms with Gasteiger partial charge in [0.2, 0.25) is 0 Å². The molecule has 4 rings (SSSR count). The largest absolute Gasteiger partial charge is 0.465 e. The Bertz CT molecular complexity index is 1140. The van der Waals surface area contributed by atoms with E-state index in [9.17, 15) is 14.9 Å². The minimum atomic E-state index is -0.730. The summed E-state index contributed by atoms with van der Waals surface area (Å²) >= 11 is 0. The van der Waals surface area contributed by atoms with Crippen molar-refractivity contribution in [2.24, 2.45) is 0 Å². The van der Waals surface area contributed by atoms with Crippen LogP contribution in [0.1, 0.15) is 33.0 Å². The topological polar surface area (TPSA) is 101 Å². The highest BCUT2D eigenvalue weighted by Gasteiger charge is 2.29. The number of fused-ring (bicyclic) bond motifs is 3. The van der Waals surface area contributed by atoms with E-state index < -0.39 is 12.1 Å². The molecular formula is C23H17N3O4. The van der Waals surface area contributed by atoms with E-state index in [1.165, 1.54) is 19.4 Å². The fraction of sp³-hybridized carbons (Fsp3) is 0.130. The van der Waals surface area contributed by atoms with Gasteiger partial charge < -0.3 is 9.47 Å². The Morgan fingerprint density at radius 2 is 1.73 bits per heavy atom. The molecule has 1 aromatic heterocycles. The van der Waals surface area contributed by atoms with Gasteiger partial charge in [0.25, 0.3) is 0 Å². The SMILES string of the molecule is COC(=O)c1cnc(NC(=O)OCC2c3ccccc3-c3ccccc32)c(C#N)c1. The first-order valence-corrected chi connectivity index (χ1v) is 9.23. The summed E-state index contributed by atoms with van der Waals surface area (Å²) in [6.07, 6.45) is 0.498. The van der Waals surface area contributed by atoms with Crippen LogP contribution in [-0.4, -0.2) is 30.8 Å². The summed E-state index contributed by atoms with van der Waals surface area (Å²) < 4.78 is 10.1. The van der Waals surface area contributed by atoms with Gasteiger partial charge in [-0.15, -0.1) is 0 Å². The van der Waals surface area contributed by atoms with Gasteiger partial charge in [0.05, 0.1) is 18.2 Å². The molecule has 1 aliphatic carbocycles. The number of hydrogen-bond acceptors (Lipinski definition) is 6. The van der Waals surface area contributed by atoms with E-state index in [1.807, 2.05) is 42.5 Å². The normalized spacial score (nSPS) is 11.7. The molecule has 0 atom stereocenters. The van der Waals surface area contributed by atoms with Crippen LogP contribution in [0.15, 0.2) is 60.8 Å². The summed E-state index contributed by atoms with van der Waals surface area (Å²) in [5, 5.41) is 11.8. The van der Waals surface area contributed by atoms with Crippen LogP contribution in [0.5, 0.6) is 0 Å². The lowest BCUT2D eigenvalue weighted by atomic mass is 9.98. The van der Waals surface area contributed by atoms with E-state index in [0.29, 0.717) is 0 Å². The van der Waals surface area contributed by atoms with Crippen LogP contribution in [0, 0.1) is 11.3 Å². The molecule has 0 aliphatic heterocycles. The van der Waals surface area contributed by atoms with Crippen molar-refractivity contribution < 1.29 is 19.1 Å². The van der Waals surface area contributed by atoms with Gasteiger partial charge in [0.1, 0.15) is 12.7 Å². The Kier molecular flexibility index (Phi) is 5.14. The summed E-state index contributed by atoms with van der Waals surface area (Å²) in [6, 6.07) is 19.3. The van der Waals surface area contributed by atoms with E-state index >= 15 is 0 Å². The molecule has 7 heteroatoms. The summed E-state index contributed by atoms with van der Waals surface area (Å²) in [5.41, 5.74) is 4.62. The van der Waals surface area contributed by atoms with Crippen LogP contribution in [0.4, 0.5) is 10.6 Å². The number of hydrogen-bond donors (Lipinski definition) is 1. The van der Waals surface area contributed by atoms with Gasteiger partial charge in [-0.1, -0.05) is 48.5 Å². The Labute approximate surface area is 172 Å². The number of amides is 1. The van der Waals surface area contributed by atoms with Crippen LogP contribution >= 0.6 is 0 Å². The predicted octanol–water partition coefficient (Wildman–Crippen LogP) is 4.10. The van der Waals surface area contributed by atoms with Crippen molar-refractivity contribution in [3.8, 4) is 17.2 Å². The summed E-state index contributed by atoms with van der Waals surface area (Å²) in [7, 11) is 1.23. The molecule has 30 heavy (non-hydrogen) atoms. The molecule has 2 aromatic carbocycles. The third kappa shape index (κ3) is 3.47. The molecule has 0 saturated carbocycles. The van der Waals surface area contributed by atoms with Gasteiger partial charge in [-0.25, -0.2) is 14.6 Å². The first-order valence-electron chi connectivity index (χ1n) is 9.23. The summed E-state index contributed by atoms with van der Waals surface area (Å²) in [5.74, 6) is -0.678. The molecule has 0 fully saturated rings. The van der Waals surface area contributed by atoms with Crippen molar-refractivity contribution >= 4 is 17.9 Å².